The van der Waals surface area contributed by atoms with E-state index in [4.69, 9.17) is 5.26 Å². The fourth-order valence-electron chi connectivity index (χ4n) is 2.10. The van der Waals surface area contributed by atoms with Crippen molar-refractivity contribution >= 4 is 33.2 Å². The second-order valence-corrected chi connectivity index (χ2v) is 6.68. The van der Waals surface area contributed by atoms with E-state index in [0.717, 1.165) is 28.6 Å². The van der Waals surface area contributed by atoms with Crippen molar-refractivity contribution in [2.75, 3.05) is 0 Å². The number of nitriles is 1. The highest BCUT2D eigenvalue weighted by Gasteiger charge is 2.29. The number of carbonyl (C=O) groups excluding carboxylic acids is 1. The monoisotopic (exact) mass is 312 g/mol. The van der Waals surface area contributed by atoms with E-state index < -0.39 is 0 Å². The second kappa shape index (κ2) is 5.19. The Balaban J connectivity index is 2.04. The van der Waals surface area contributed by atoms with E-state index in [2.05, 4.69) is 27.3 Å². The van der Waals surface area contributed by atoms with Crippen molar-refractivity contribution in [3.8, 4) is 6.07 Å². The van der Waals surface area contributed by atoms with E-state index in [0.29, 0.717) is 4.88 Å². The number of halogens is 1. The maximum atomic E-state index is 12.0. The quantitative estimate of drug-likeness (QED) is 0.911. The maximum Gasteiger partial charge on any atom is 0.261 e. The predicted molar refractivity (Wildman–Crippen MR) is 71.0 cm³/mol. The normalized spacial score (nSPS) is 23.4. The fraction of sp³-hybridized carbons (Fsp3) is 0.500. The van der Waals surface area contributed by atoms with E-state index in [1.807, 2.05) is 13.0 Å². The number of amides is 1. The summed E-state index contributed by atoms with van der Waals surface area (Å²) >= 11 is 4.85. The summed E-state index contributed by atoms with van der Waals surface area (Å²) in [5.74, 6) is -0.0839. The standard InChI is InChI=1S/C12H13BrN2OS/c1-7-5-10(17-11(7)13)12(16)15-9-4-2-3-8(9)6-14/h5,8-9H,2-4H2,1H3,(H,15,16). The van der Waals surface area contributed by atoms with Crippen molar-refractivity contribution in [1.82, 2.24) is 5.32 Å². The number of rotatable bonds is 2. The average Bonchev–Trinajstić information content (AvgIpc) is 2.86. The first-order chi connectivity index (χ1) is 8.11. The van der Waals surface area contributed by atoms with Gasteiger partial charge in [-0.15, -0.1) is 11.3 Å². The molecule has 0 bridgehead atoms. The third-order valence-electron chi connectivity index (χ3n) is 3.08. The molecule has 0 radical (unpaired) electrons. The third kappa shape index (κ3) is 2.70. The number of hydrogen-bond acceptors (Lipinski definition) is 3. The van der Waals surface area contributed by atoms with E-state index in [9.17, 15) is 4.79 Å². The van der Waals surface area contributed by atoms with Gasteiger partial charge in [0, 0.05) is 6.04 Å². The number of nitrogens with one attached hydrogen (secondary N) is 1. The molecule has 1 saturated carbocycles. The van der Waals surface area contributed by atoms with E-state index in [1.165, 1.54) is 11.3 Å². The number of thiophene rings is 1. The molecule has 17 heavy (non-hydrogen) atoms. The zero-order chi connectivity index (χ0) is 12.4. The maximum absolute atomic E-state index is 12.0. The van der Waals surface area contributed by atoms with Gasteiger partial charge in [0.2, 0.25) is 0 Å². The Morgan fingerprint density at radius 1 is 1.65 bits per heavy atom. The van der Waals surface area contributed by atoms with E-state index >= 15 is 0 Å². The summed E-state index contributed by atoms with van der Waals surface area (Å²) in [6.07, 6.45) is 2.83. The largest absolute Gasteiger partial charge is 0.347 e. The molecule has 0 aliphatic heterocycles. The molecule has 1 heterocycles. The van der Waals surface area contributed by atoms with Crippen LogP contribution in [0.15, 0.2) is 9.85 Å². The summed E-state index contributed by atoms with van der Waals surface area (Å²) in [7, 11) is 0. The molecule has 1 aliphatic carbocycles. The van der Waals surface area contributed by atoms with Gasteiger partial charge in [-0.05, 0) is 53.7 Å². The van der Waals surface area contributed by atoms with Crippen LogP contribution in [-0.4, -0.2) is 11.9 Å². The highest BCUT2D eigenvalue weighted by atomic mass is 79.9. The van der Waals surface area contributed by atoms with Gasteiger partial charge >= 0.3 is 0 Å². The molecule has 0 aromatic carbocycles. The van der Waals surface area contributed by atoms with Crippen molar-refractivity contribution < 1.29 is 4.79 Å². The molecule has 1 N–H and O–H groups in total. The van der Waals surface area contributed by atoms with Crippen LogP contribution in [0.25, 0.3) is 0 Å². The van der Waals surface area contributed by atoms with Gasteiger partial charge in [-0.2, -0.15) is 5.26 Å². The lowest BCUT2D eigenvalue weighted by Crippen LogP contribution is -2.36. The van der Waals surface area contributed by atoms with Gasteiger partial charge in [-0.25, -0.2) is 0 Å². The Hall–Kier alpha value is -0.860. The highest BCUT2D eigenvalue weighted by Crippen LogP contribution is 2.29. The Labute approximate surface area is 113 Å². The molecule has 2 rings (SSSR count). The van der Waals surface area contributed by atoms with Gasteiger partial charge in [0.1, 0.15) is 0 Å². The highest BCUT2D eigenvalue weighted by molar-refractivity contribution is 9.11. The molecule has 1 aromatic heterocycles. The van der Waals surface area contributed by atoms with Crippen LogP contribution in [0.1, 0.15) is 34.5 Å². The molecule has 3 nitrogen and oxygen atoms in total. The zero-order valence-electron chi connectivity index (χ0n) is 9.50. The third-order valence-corrected chi connectivity index (χ3v) is 5.21. The minimum absolute atomic E-state index is 0.0219. The number of carbonyl (C=O) groups is 1. The summed E-state index contributed by atoms with van der Waals surface area (Å²) in [6.45, 7) is 1.96. The van der Waals surface area contributed by atoms with Gasteiger partial charge < -0.3 is 5.32 Å². The molecule has 1 aromatic rings. The Kier molecular flexibility index (Phi) is 3.85. The molecule has 90 valence electrons. The van der Waals surface area contributed by atoms with Crippen LogP contribution in [0, 0.1) is 24.2 Å². The van der Waals surface area contributed by atoms with Crippen LogP contribution in [-0.2, 0) is 0 Å². The van der Waals surface area contributed by atoms with Crippen LogP contribution in [0.3, 0.4) is 0 Å². The van der Waals surface area contributed by atoms with Crippen molar-refractivity contribution in [3.63, 3.8) is 0 Å². The van der Waals surface area contributed by atoms with Crippen LogP contribution in [0.2, 0.25) is 0 Å². The van der Waals surface area contributed by atoms with Crippen molar-refractivity contribution in [2.45, 2.75) is 32.2 Å². The molecule has 0 saturated heterocycles. The topological polar surface area (TPSA) is 52.9 Å². The Morgan fingerprint density at radius 2 is 2.41 bits per heavy atom. The lowest BCUT2D eigenvalue weighted by atomic mass is 10.1. The summed E-state index contributed by atoms with van der Waals surface area (Å²) in [6, 6.07) is 4.16. The molecular formula is C12H13BrN2OS. The minimum atomic E-state index is -0.0593. The molecule has 5 heteroatoms. The number of hydrogen-bond donors (Lipinski definition) is 1. The molecular weight excluding hydrogens is 300 g/mol. The Morgan fingerprint density at radius 3 is 3.00 bits per heavy atom. The lowest BCUT2D eigenvalue weighted by Gasteiger charge is -2.14. The molecule has 0 spiro atoms. The van der Waals surface area contributed by atoms with Crippen LogP contribution >= 0.6 is 27.3 Å². The summed E-state index contributed by atoms with van der Waals surface area (Å²) in [4.78, 5) is 12.7. The van der Waals surface area contributed by atoms with Crippen LogP contribution < -0.4 is 5.32 Å². The molecule has 1 amide bonds. The molecule has 1 aliphatic rings. The van der Waals surface area contributed by atoms with Crippen molar-refractivity contribution in [2.24, 2.45) is 5.92 Å². The number of aryl methyl sites for hydroxylation is 1. The van der Waals surface area contributed by atoms with Gasteiger partial charge in [-0.3, -0.25) is 4.79 Å². The van der Waals surface area contributed by atoms with Crippen molar-refractivity contribution in [1.29, 1.82) is 5.26 Å². The molecule has 2 unspecified atom stereocenters. The number of nitrogens with zero attached hydrogens (tertiary/aromatic N) is 1. The fourth-order valence-corrected chi connectivity index (χ4v) is 3.54. The average molecular weight is 313 g/mol. The van der Waals surface area contributed by atoms with E-state index in [1.54, 1.807) is 0 Å². The molecule has 2 atom stereocenters. The smallest absolute Gasteiger partial charge is 0.261 e. The summed E-state index contributed by atoms with van der Waals surface area (Å²) < 4.78 is 0.992. The lowest BCUT2D eigenvalue weighted by molar-refractivity contribution is 0.0937. The van der Waals surface area contributed by atoms with Gasteiger partial charge in [0.15, 0.2) is 0 Å². The van der Waals surface area contributed by atoms with Crippen LogP contribution in [0.5, 0.6) is 0 Å². The van der Waals surface area contributed by atoms with Gasteiger partial charge in [-0.1, -0.05) is 0 Å². The first-order valence-electron chi connectivity index (χ1n) is 5.58. The Bertz CT molecular complexity index is 458. The second-order valence-electron chi connectivity index (χ2n) is 4.31. The van der Waals surface area contributed by atoms with Crippen molar-refractivity contribution in [3.05, 3.63) is 20.3 Å². The summed E-state index contributed by atoms with van der Waals surface area (Å²) in [5, 5.41) is 11.9. The molecule has 1 fully saturated rings. The van der Waals surface area contributed by atoms with Gasteiger partial charge in [0.25, 0.3) is 5.91 Å². The SMILES string of the molecule is Cc1cc(C(=O)NC2CCCC2C#N)sc1Br. The van der Waals surface area contributed by atoms with E-state index in [-0.39, 0.29) is 17.9 Å². The van der Waals surface area contributed by atoms with Crippen LogP contribution in [0.4, 0.5) is 0 Å². The van der Waals surface area contributed by atoms with Gasteiger partial charge in [0.05, 0.1) is 20.7 Å². The predicted octanol–water partition coefficient (Wildman–Crippen LogP) is 3.24. The zero-order valence-corrected chi connectivity index (χ0v) is 11.9. The minimum Gasteiger partial charge on any atom is -0.347 e. The summed E-state index contributed by atoms with van der Waals surface area (Å²) in [5.41, 5.74) is 1.07. The first-order valence-corrected chi connectivity index (χ1v) is 7.19. The first kappa shape index (κ1) is 12.6.